The molecule has 2 rings (SSSR count). The van der Waals surface area contributed by atoms with E-state index >= 15 is 0 Å². The monoisotopic (exact) mass is 319 g/mol. The number of aromatic nitrogens is 1. The average Bonchev–Trinajstić information content (AvgIpc) is 2.80. The Kier molecular flexibility index (Phi) is 5.38. The zero-order valence-corrected chi connectivity index (χ0v) is 14.1. The SMILES string of the molecule is CCOc1cc(/C=N/n2c(C)csc2=NC(C)C)ccc1O. The Hall–Kier alpha value is -2.08. The Labute approximate surface area is 134 Å². The van der Waals surface area contributed by atoms with Crippen molar-refractivity contribution >= 4 is 17.6 Å². The molecule has 22 heavy (non-hydrogen) atoms. The number of hydrogen-bond donors (Lipinski definition) is 1. The molecule has 0 spiro atoms. The number of benzene rings is 1. The van der Waals surface area contributed by atoms with Crippen LogP contribution < -0.4 is 9.54 Å². The van der Waals surface area contributed by atoms with Crippen LogP contribution in [0.25, 0.3) is 0 Å². The molecule has 6 heteroatoms. The molecule has 0 amide bonds. The molecule has 1 aromatic heterocycles. The summed E-state index contributed by atoms with van der Waals surface area (Å²) in [5, 5.41) is 16.2. The Balaban J connectivity index is 2.33. The maximum atomic E-state index is 9.72. The average molecular weight is 319 g/mol. The number of thiazole rings is 1. The first-order chi connectivity index (χ1) is 10.5. The van der Waals surface area contributed by atoms with E-state index in [1.165, 1.54) is 0 Å². The molecule has 0 aliphatic carbocycles. The number of aromatic hydroxyl groups is 1. The van der Waals surface area contributed by atoms with Crippen LogP contribution in [-0.4, -0.2) is 28.6 Å². The van der Waals surface area contributed by atoms with Crippen LogP contribution in [0.1, 0.15) is 32.0 Å². The zero-order chi connectivity index (χ0) is 16.1. The molecule has 0 fully saturated rings. The number of phenols is 1. The van der Waals surface area contributed by atoms with Gasteiger partial charge in [-0.1, -0.05) is 0 Å². The van der Waals surface area contributed by atoms with E-state index in [-0.39, 0.29) is 11.8 Å². The Bertz CT molecular complexity index is 729. The van der Waals surface area contributed by atoms with E-state index in [4.69, 9.17) is 4.74 Å². The van der Waals surface area contributed by atoms with Crippen molar-refractivity contribution in [1.82, 2.24) is 4.68 Å². The third-order valence-electron chi connectivity index (χ3n) is 2.82. The smallest absolute Gasteiger partial charge is 0.206 e. The number of rotatable bonds is 5. The van der Waals surface area contributed by atoms with Crippen LogP contribution in [-0.2, 0) is 0 Å². The van der Waals surface area contributed by atoms with Crippen molar-refractivity contribution in [3.8, 4) is 11.5 Å². The van der Waals surface area contributed by atoms with Gasteiger partial charge in [0.05, 0.1) is 18.5 Å². The van der Waals surface area contributed by atoms with Gasteiger partial charge in [0, 0.05) is 11.4 Å². The van der Waals surface area contributed by atoms with Crippen LogP contribution in [0.2, 0.25) is 0 Å². The summed E-state index contributed by atoms with van der Waals surface area (Å²) in [6.07, 6.45) is 1.74. The van der Waals surface area contributed by atoms with Gasteiger partial charge in [-0.15, -0.1) is 11.3 Å². The topological polar surface area (TPSA) is 59.1 Å². The highest BCUT2D eigenvalue weighted by Gasteiger charge is 2.03. The molecule has 1 heterocycles. The molecule has 118 valence electrons. The minimum absolute atomic E-state index is 0.133. The van der Waals surface area contributed by atoms with Gasteiger partial charge in [-0.05, 0) is 51.5 Å². The molecule has 0 aliphatic rings. The molecule has 0 unspecified atom stereocenters. The number of hydrogen-bond acceptors (Lipinski definition) is 5. The first-order valence-corrected chi connectivity index (χ1v) is 8.10. The number of ether oxygens (including phenoxy) is 1. The second kappa shape index (κ2) is 7.26. The van der Waals surface area contributed by atoms with Crippen LogP contribution in [0.3, 0.4) is 0 Å². The standard InChI is InChI=1S/C16H21N3O2S/c1-5-21-15-8-13(6-7-14(15)20)9-17-19-12(4)10-22-16(19)18-11(2)3/h6-11,20H,5H2,1-4H3/b17-9+,18-16?. The Morgan fingerprint density at radius 2 is 2.18 bits per heavy atom. The molecular weight excluding hydrogens is 298 g/mol. The maximum absolute atomic E-state index is 9.72. The van der Waals surface area contributed by atoms with Crippen molar-refractivity contribution < 1.29 is 9.84 Å². The van der Waals surface area contributed by atoms with E-state index in [9.17, 15) is 5.11 Å². The summed E-state index contributed by atoms with van der Waals surface area (Å²) in [7, 11) is 0. The molecule has 0 atom stereocenters. The third kappa shape index (κ3) is 3.98. The molecule has 2 aromatic rings. The van der Waals surface area contributed by atoms with E-state index in [1.807, 2.05) is 37.8 Å². The molecule has 0 aliphatic heterocycles. The molecule has 0 saturated carbocycles. The Morgan fingerprint density at radius 1 is 1.41 bits per heavy atom. The van der Waals surface area contributed by atoms with E-state index < -0.39 is 0 Å². The van der Waals surface area contributed by atoms with Gasteiger partial charge in [0.1, 0.15) is 0 Å². The van der Waals surface area contributed by atoms with Crippen LogP contribution in [0.5, 0.6) is 11.5 Å². The lowest BCUT2D eigenvalue weighted by Crippen LogP contribution is -2.14. The normalized spacial score (nSPS) is 12.5. The molecule has 0 saturated heterocycles. The van der Waals surface area contributed by atoms with E-state index in [0.29, 0.717) is 12.4 Å². The summed E-state index contributed by atoms with van der Waals surface area (Å²) in [6.45, 7) is 8.46. The fourth-order valence-electron chi connectivity index (χ4n) is 1.84. The van der Waals surface area contributed by atoms with Crippen LogP contribution >= 0.6 is 11.3 Å². The second-order valence-corrected chi connectivity index (χ2v) is 5.94. The predicted octanol–water partition coefficient (Wildman–Crippen LogP) is 3.15. The van der Waals surface area contributed by atoms with E-state index in [0.717, 1.165) is 16.1 Å². The van der Waals surface area contributed by atoms with Gasteiger partial charge in [0.15, 0.2) is 11.5 Å². The van der Waals surface area contributed by atoms with Gasteiger partial charge in [0.2, 0.25) is 4.80 Å². The fourth-order valence-corrected chi connectivity index (χ4v) is 2.78. The molecule has 1 N–H and O–H groups in total. The quantitative estimate of drug-likeness (QED) is 0.861. The molecule has 5 nitrogen and oxygen atoms in total. The molecule has 1 aromatic carbocycles. The summed E-state index contributed by atoms with van der Waals surface area (Å²) in [5.41, 5.74) is 1.89. The molecule has 0 radical (unpaired) electrons. The van der Waals surface area contributed by atoms with Crippen LogP contribution in [0.15, 0.2) is 33.7 Å². The number of aryl methyl sites for hydroxylation is 1. The Morgan fingerprint density at radius 3 is 2.86 bits per heavy atom. The lowest BCUT2D eigenvalue weighted by Gasteiger charge is -2.06. The van der Waals surface area contributed by atoms with Gasteiger partial charge >= 0.3 is 0 Å². The second-order valence-electron chi connectivity index (χ2n) is 5.10. The van der Waals surface area contributed by atoms with Gasteiger partial charge in [-0.2, -0.15) is 5.10 Å². The third-order valence-corrected chi connectivity index (χ3v) is 3.77. The summed E-state index contributed by atoms with van der Waals surface area (Å²) >= 11 is 1.57. The van der Waals surface area contributed by atoms with Gasteiger partial charge in [-0.3, -0.25) is 4.99 Å². The lowest BCUT2D eigenvalue weighted by atomic mass is 10.2. The van der Waals surface area contributed by atoms with Crippen molar-refractivity contribution in [2.75, 3.05) is 6.61 Å². The predicted molar refractivity (Wildman–Crippen MR) is 90.0 cm³/mol. The van der Waals surface area contributed by atoms with E-state index in [2.05, 4.69) is 10.1 Å². The van der Waals surface area contributed by atoms with Crippen LogP contribution in [0, 0.1) is 6.92 Å². The highest BCUT2D eigenvalue weighted by Crippen LogP contribution is 2.26. The molecular formula is C16H21N3O2S. The van der Waals surface area contributed by atoms with E-state index in [1.54, 1.807) is 35.8 Å². The summed E-state index contributed by atoms with van der Waals surface area (Å²) < 4.78 is 7.20. The highest BCUT2D eigenvalue weighted by molar-refractivity contribution is 7.07. The van der Waals surface area contributed by atoms with Crippen molar-refractivity contribution in [3.05, 3.63) is 39.6 Å². The van der Waals surface area contributed by atoms with Gasteiger partial charge in [0.25, 0.3) is 0 Å². The summed E-state index contributed by atoms with van der Waals surface area (Å²) in [5.74, 6) is 0.597. The number of phenolic OH excluding ortho intramolecular Hbond substituents is 1. The van der Waals surface area contributed by atoms with Gasteiger partial charge < -0.3 is 9.84 Å². The fraction of sp³-hybridized carbons (Fsp3) is 0.375. The first kappa shape index (κ1) is 16.3. The highest BCUT2D eigenvalue weighted by atomic mass is 32.1. The number of nitrogens with zero attached hydrogens (tertiary/aromatic N) is 3. The maximum Gasteiger partial charge on any atom is 0.206 e. The van der Waals surface area contributed by atoms with Crippen molar-refractivity contribution in [3.63, 3.8) is 0 Å². The van der Waals surface area contributed by atoms with Crippen molar-refractivity contribution in [2.24, 2.45) is 10.1 Å². The van der Waals surface area contributed by atoms with Crippen molar-refractivity contribution in [2.45, 2.75) is 33.7 Å². The summed E-state index contributed by atoms with van der Waals surface area (Å²) in [6, 6.07) is 5.39. The molecule has 0 bridgehead atoms. The van der Waals surface area contributed by atoms with Gasteiger partial charge in [-0.25, -0.2) is 4.68 Å². The van der Waals surface area contributed by atoms with Crippen LogP contribution in [0.4, 0.5) is 0 Å². The minimum atomic E-state index is 0.133. The first-order valence-electron chi connectivity index (χ1n) is 7.22. The minimum Gasteiger partial charge on any atom is -0.504 e. The largest absolute Gasteiger partial charge is 0.504 e. The summed E-state index contributed by atoms with van der Waals surface area (Å²) in [4.78, 5) is 5.42. The zero-order valence-electron chi connectivity index (χ0n) is 13.3. The lowest BCUT2D eigenvalue weighted by molar-refractivity contribution is 0.318. The van der Waals surface area contributed by atoms with Crippen molar-refractivity contribution in [1.29, 1.82) is 0 Å².